The van der Waals surface area contributed by atoms with Gasteiger partial charge in [-0.2, -0.15) is 0 Å². The van der Waals surface area contributed by atoms with E-state index in [2.05, 4.69) is 0 Å². The SMILES string of the molecule is COc1ccc(-c2oc3cc(OC)cc(C(=O)Oc4ccc(Cl)cc4)c3c2-c2cc(OC)cc(OC)c2)cc1. The molecular formula is C31H25ClO7. The Kier molecular flexibility index (Phi) is 7.34. The maximum Gasteiger partial charge on any atom is 0.344 e. The fraction of sp³-hybridized carbons (Fsp3) is 0.129. The molecule has 0 radical (unpaired) electrons. The lowest BCUT2D eigenvalue weighted by Crippen LogP contribution is -2.09. The Morgan fingerprint density at radius 3 is 1.79 bits per heavy atom. The van der Waals surface area contributed by atoms with E-state index in [0.717, 1.165) is 11.1 Å². The largest absolute Gasteiger partial charge is 0.497 e. The van der Waals surface area contributed by atoms with Crippen molar-refractivity contribution in [2.45, 2.75) is 0 Å². The topological polar surface area (TPSA) is 76.4 Å². The number of rotatable bonds is 8. The van der Waals surface area contributed by atoms with Gasteiger partial charge >= 0.3 is 5.97 Å². The van der Waals surface area contributed by atoms with E-state index in [1.807, 2.05) is 36.4 Å². The highest BCUT2D eigenvalue weighted by molar-refractivity contribution is 6.30. The Morgan fingerprint density at radius 2 is 1.21 bits per heavy atom. The van der Waals surface area contributed by atoms with Crippen molar-refractivity contribution >= 4 is 28.5 Å². The van der Waals surface area contributed by atoms with Crippen molar-refractivity contribution in [1.82, 2.24) is 0 Å². The van der Waals surface area contributed by atoms with Crippen LogP contribution < -0.4 is 23.7 Å². The first-order chi connectivity index (χ1) is 18.9. The predicted octanol–water partition coefficient (Wildman–Crippen LogP) is 7.67. The van der Waals surface area contributed by atoms with Crippen LogP contribution in [-0.2, 0) is 0 Å². The molecule has 0 N–H and O–H groups in total. The maximum atomic E-state index is 13.6. The molecule has 0 fully saturated rings. The van der Waals surface area contributed by atoms with Crippen molar-refractivity contribution in [2.24, 2.45) is 0 Å². The van der Waals surface area contributed by atoms with Gasteiger partial charge in [-0.1, -0.05) is 11.6 Å². The molecule has 198 valence electrons. The zero-order valence-corrected chi connectivity index (χ0v) is 22.5. The second-order valence-electron chi connectivity index (χ2n) is 8.53. The highest BCUT2D eigenvalue weighted by Crippen LogP contribution is 2.46. The molecule has 5 rings (SSSR count). The number of esters is 1. The number of ether oxygens (including phenoxy) is 5. The normalized spacial score (nSPS) is 10.8. The second kappa shape index (κ2) is 11.0. The van der Waals surface area contributed by atoms with E-state index in [1.54, 1.807) is 63.8 Å². The van der Waals surface area contributed by atoms with Crippen molar-refractivity contribution in [3.8, 4) is 51.2 Å². The van der Waals surface area contributed by atoms with Gasteiger partial charge in [0.2, 0.25) is 0 Å². The number of carbonyl (C=O) groups is 1. The predicted molar refractivity (Wildman–Crippen MR) is 150 cm³/mol. The van der Waals surface area contributed by atoms with E-state index in [4.69, 9.17) is 39.7 Å². The smallest absolute Gasteiger partial charge is 0.344 e. The molecule has 39 heavy (non-hydrogen) atoms. The lowest BCUT2D eigenvalue weighted by atomic mass is 9.95. The Labute approximate surface area is 230 Å². The average molecular weight is 545 g/mol. The van der Waals surface area contributed by atoms with Crippen LogP contribution in [0.5, 0.6) is 28.7 Å². The number of halogens is 1. The minimum Gasteiger partial charge on any atom is -0.497 e. The number of furan rings is 1. The summed E-state index contributed by atoms with van der Waals surface area (Å²) in [5.41, 5.74) is 2.87. The molecule has 5 aromatic rings. The minimum atomic E-state index is -0.584. The van der Waals surface area contributed by atoms with Crippen LogP contribution in [-0.4, -0.2) is 34.4 Å². The minimum absolute atomic E-state index is 0.264. The van der Waals surface area contributed by atoms with Crippen LogP contribution in [0.1, 0.15) is 10.4 Å². The summed E-state index contributed by atoms with van der Waals surface area (Å²) in [5.74, 6) is 2.61. The van der Waals surface area contributed by atoms with Crippen LogP contribution in [0.4, 0.5) is 0 Å². The Bertz CT molecular complexity index is 1610. The van der Waals surface area contributed by atoms with Crippen LogP contribution in [0.25, 0.3) is 33.4 Å². The monoisotopic (exact) mass is 544 g/mol. The van der Waals surface area contributed by atoms with Gasteiger partial charge in [-0.15, -0.1) is 0 Å². The van der Waals surface area contributed by atoms with Crippen LogP contribution in [0, 0.1) is 0 Å². The molecule has 0 aliphatic heterocycles. The summed E-state index contributed by atoms with van der Waals surface area (Å²) in [7, 11) is 6.29. The molecule has 8 heteroatoms. The second-order valence-corrected chi connectivity index (χ2v) is 8.96. The fourth-order valence-electron chi connectivity index (χ4n) is 4.32. The van der Waals surface area contributed by atoms with Gasteiger partial charge in [0.1, 0.15) is 40.1 Å². The fourth-order valence-corrected chi connectivity index (χ4v) is 4.45. The number of benzene rings is 4. The first-order valence-electron chi connectivity index (χ1n) is 11.9. The van der Waals surface area contributed by atoms with Crippen molar-refractivity contribution in [2.75, 3.05) is 28.4 Å². The Hall–Kier alpha value is -4.62. The molecule has 0 spiro atoms. The van der Waals surface area contributed by atoms with E-state index in [1.165, 1.54) is 7.11 Å². The van der Waals surface area contributed by atoms with Crippen molar-refractivity contribution < 1.29 is 32.9 Å². The van der Waals surface area contributed by atoms with E-state index in [0.29, 0.717) is 56.1 Å². The summed E-state index contributed by atoms with van der Waals surface area (Å²) in [6.45, 7) is 0. The van der Waals surface area contributed by atoms with E-state index >= 15 is 0 Å². The molecule has 0 amide bonds. The highest BCUT2D eigenvalue weighted by atomic mass is 35.5. The van der Waals surface area contributed by atoms with Crippen LogP contribution >= 0.6 is 11.6 Å². The highest BCUT2D eigenvalue weighted by Gasteiger charge is 2.26. The van der Waals surface area contributed by atoms with Crippen LogP contribution in [0.15, 0.2) is 83.3 Å². The van der Waals surface area contributed by atoms with Gasteiger partial charge in [0.25, 0.3) is 0 Å². The van der Waals surface area contributed by atoms with Gasteiger partial charge in [0.15, 0.2) is 0 Å². The molecule has 0 unspecified atom stereocenters. The van der Waals surface area contributed by atoms with Crippen molar-refractivity contribution in [3.05, 3.63) is 89.4 Å². The quantitative estimate of drug-likeness (QED) is 0.146. The summed E-state index contributed by atoms with van der Waals surface area (Å²) in [5, 5.41) is 1.09. The van der Waals surface area contributed by atoms with Crippen LogP contribution in [0.3, 0.4) is 0 Å². The Balaban J connectivity index is 1.79. The van der Waals surface area contributed by atoms with Gasteiger partial charge in [-0.3, -0.25) is 0 Å². The molecular weight excluding hydrogens is 520 g/mol. The van der Waals surface area contributed by atoms with Gasteiger partial charge in [0, 0.05) is 33.7 Å². The zero-order chi connectivity index (χ0) is 27.5. The summed E-state index contributed by atoms with van der Waals surface area (Å²) in [4.78, 5) is 13.6. The number of hydrogen-bond acceptors (Lipinski definition) is 7. The standard InChI is InChI=1S/C31H25ClO7/c1-34-21-9-5-18(6-10-21)30-28(19-13-23(35-2)15-24(14-19)36-3)29-26(16-25(37-4)17-27(29)39-30)31(33)38-22-11-7-20(32)8-12-22/h5-17H,1-4H3. The molecule has 4 aromatic carbocycles. The average Bonchev–Trinajstić information content (AvgIpc) is 3.37. The van der Waals surface area contributed by atoms with Gasteiger partial charge in [0.05, 0.1) is 34.0 Å². The van der Waals surface area contributed by atoms with Gasteiger partial charge < -0.3 is 28.1 Å². The van der Waals surface area contributed by atoms with E-state index in [9.17, 15) is 4.79 Å². The molecule has 7 nitrogen and oxygen atoms in total. The Morgan fingerprint density at radius 1 is 0.641 bits per heavy atom. The lowest BCUT2D eigenvalue weighted by molar-refractivity contribution is 0.0736. The number of carbonyl (C=O) groups excluding carboxylic acids is 1. The first-order valence-corrected chi connectivity index (χ1v) is 12.3. The van der Waals surface area contributed by atoms with Crippen LogP contribution in [0.2, 0.25) is 5.02 Å². The number of methoxy groups -OCH3 is 4. The third kappa shape index (κ3) is 5.22. The van der Waals surface area contributed by atoms with Gasteiger partial charge in [-0.05, 0) is 72.3 Å². The number of fused-ring (bicyclic) bond motifs is 1. The summed E-state index contributed by atoms with van der Waals surface area (Å²) in [6, 6.07) is 22.9. The molecule has 0 saturated heterocycles. The van der Waals surface area contributed by atoms with Crippen molar-refractivity contribution in [3.63, 3.8) is 0 Å². The molecule has 1 aromatic heterocycles. The third-order valence-electron chi connectivity index (χ3n) is 6.24. The molecule has 1 heterocycles. The third-order valence-corrected chi connectivity index (χ3v) is 6.49. The number of hydrogen-bond donors (Lipinski definition) is 0. The maximum absolute atomic E-state index is 13.6. The summed E-state index contributed by atoms with van der Waals surface area (Å²) >= 11 is 6.00. The van der Waals surface area contributed by atoms with E-state index in [-0.39, 0.29) is 5.56 Å². The molecule has 0 aliphatic rings. The lowest BCUT2D eigenvalue weighted by Gasteiger charge is -2.12. The molecule has 0 atom stereocenters. The summed E-state index contributed by atoms with van der Waals surface area (Å²) in [6.07, 6.45) is 0. The first kappa shape index (κ1) is 26.0. The zero-order valence-electron chi connectivity index (χ0n) is 21.7. The molecule has 0 bridgehead atoms. The van der Waals surface area contributed by atoms with Gasteiger partial charge in [-0.25, -0.2) is 4.79 Å². The van der Waals surface area contributed by atoms with Crippen molar-refractivity contribution in [1.29, 1.82) is 0 Å². The summed E-state index contributed by atoms with van der Waals surface area (Å²) < 4.78 is 34.1. The molecule has 0 saturated carbocycles. The van der Waals surface area contributed by atoms with E-state index < -0.39 is 5.97 Å². The molecule has 0 aliphatic carbocycles.